The second-order valence-corrected chi connectivity index (χ2v) is 6.76. The van der Waals surface area contributed by atoms with Crippen LogP contribution in [0, 0.1) is 0 Å². The number of hydrogen-bond acceptors (Lipinski definition) is 5. The second kappa shape index (κ2) is 5.45. The van der Waals surface area contributed by atoms with Crippen LogP contribution in [0.25, 0.3) is 0 Å². The number of aromatic nitrogens is 3. The van der Waals surface area contributed by atoms with Gasteiger partial charge >= 0.3 is 0 Å². The fraction of sp³-hybridized carbons (Fsp3) is 0.385. The molecule has 3 heterocycles. The van der Waals surface area contributed by atoms with Gasteiger partial charge in [0, 0.05) is 19.8 Å². The van der Waals surface area contributed by atoms with Crippen LogP contribution >= 0.6 is 0 Å². The summed E-state index contributed by atoms with van der Waals surface area (Å²) in [5.74, 6) is 0.655. The Bertz CT molecular complexity index is 714. The molecule has 0 N–H and O–H groups in total. The van der Waals surface area contributed by atoms with Crippen molar-refractivity contribution >= 4 is 10.0 Å². The Balaban J connectivity index is 1.71. The molecule has 1 aliphatic rings. The topological polar surface area (TPSA) is 77.3 Å². The predicted octanol–water partition coefficient (Wildman–Crippen LogP) is 0.657. The molecule has 21 heavy (non-hydrogen) atoms. The molecule has 1 saturated heterocycles. The molecule has 0 amide bonds. The number of aryl methyl sites for hydroxylation is 1. The van der Waals surface area contributed by atoms with Crippen molar-refractivity contribution in [3.63, 3.8) is 0 Å². The Morgan fingerprint density at radius 1 is 1.33 bits per heavy atom. The van der Waals surface area contributed by atoms with E-state index in [1.165, 1.54) is 21.3 Å². The van der Waals surface area contributed by atoms with Gasteiger partial charge in [0.25, 0.3) is 10.0 Å². The monoisotopic (exact) mass is 308 g/mol. The highest BCUT2D eigenvalue weighted by Gasteiger charge is 2.35. The molecule has 8 heteroatoms. The fourth-order valence-electron chi connectivity index (χ4n) is 2.37. The molecule has 1 fully saturated rings. The molecule has 3 rings (SSSR count). The first kappa shape index (κ1) is 14.0. The minimum absolute atomic E-state index is 0.155. The van der Waals surface area contributed by atoms with E-state index in [-0.39, 0.29) is 11.1 Å². The van der Waals surface area contributed by atoms with E-state index in [0.29, 0.717) is 25.3 Å². The third kappa shape index (κ3) is 2.77. The van der Waals surface area contributed by atoms with Crippen LogP contribution in [0.4, 0.5) is 0 Å². The van der Waals surface area contributed by atoms with Crippen molar-refractivity contribution in [1.82, 2.24) is 19.1 Å². The standard InChI is InChI=1S/C13H16N4O3S/c1-16-13(4-7-15-16)21(18,19)17-8-5-12(10-17)20-11-3-2-6-14-9-11/h2-4,6-7,9,12H,5,8,10H2,1H3. The van der Waals surface area contributed by atoms with Crippen molar-refractivity contribution in [2.45, 2.75) is 17.6 Å². The third-order valence-corrected chi connectivity index (χ3v) is 5.37. The zero-order valence-electron chi connectivity index (χ0n) is 11.6. The number of ether oxygens (including phenoxy) is 1. The van der Waals surface area contributed by atoms with Crippen LogP contribution in [0.5, 0.6) is 5.75 Å². The van der Waals surface area contributed by atoms with Crippen molar-refractivity contribution in [2.24, 2.45) is 7.05 Å². The van der Waals surface area contributed by atoms with E-state index in [4.69, 9.17) is 4.74 Å². The Labute approximate surface area is 123 Å². The van der Waals surface area contributed by atoms with E-state index in [0.717, 1.165) is 0 Å². The maximum absolute atomic E-state index is 12.5. The van der Waals surface area contributed by atoms with Crippen LogP contribution in [0.3, 0.4) is 0 Å². The smallest absolute Gasteiger partial charge is 0.260 e. The van der Waals surface area contributed by atoms with Crippen LogP contribution in [0.15, 0.2) is 41.8 Å². The zero-order chi connectivity index (χ0) is 14.9. The predicted molar refractivity (Wildman–Crippen MR) is 75.2 cm³/mol. The average molecular weight is 308 g/mol. The molecule has 0 aliphatic carbocycles. The lowest BCUT2D eigenvalue weighted by Gasteiger charge is -2.17. The van der Waals surface area contributed by atoms with E-state index in [1.807, 2.05) is 6.07 Å². The van der Waals surface area contributed by atoms with Crippen LogP contribution in [0.1, 0.15) is 6.42 Å². The van der Waals surface area contributed by atoms with Gasteiger partial charge in [0.2, 0.25) is 0 Å². The van der Waals surface area contributed by atoms with Gasteiger partial charge in [-0.15, -0.1) is 0 Å². The van der Waals surface area contributed by atoms with Gasteiger partial charge in [-0.05, 0) is 24.6 Å². The molecule has 112 valence electrons. The summed E-state index contributed by atoms with van der Waals surface area (Å²) in [4.78, 5) is 3.98. The van der Waals surface area contributed by atoms with Gasteiger partial charge in [-0.2, -0.15) is 9.40 Å². The van der Waals surface area contributed by atoms with E-state index >= 15 is 0 Å². The molecule has 0 spiro atoms. The van der Waals surface area contributed by atoms with Crippen LogP contribution in [-0.2, 0) is 17.1 Å². The number of rotatable bonds is 4. The highest BCUT2D eigenvalue weighted by molar-refractivity contribution is 7.89. The van der Waals surface area contributed by atoms with Crippen molar-refractivity contribution in [1.29, 1.82) is 0 Å². The molecule has 1 unspecified atom stereocenters. The minimum atomic E-state index is -3.51. The maximum Gasteiger partial charge on any atom is 0.260 e. The molecule has 1 atom stereocenters. The molecule has 2 aromatic heterocycles. The first-order chi connectivity index (χ1) is 10.1. The Kier molecular flexibility index (Phi) is 3.64. The first-order valence-corrected chi connectivity index (χ1v) is 8.06. The number of sulfonamides is 1. The molecule has 2 aromatic rings. The van der Waals surface area contributed by atoms with Crippen molar-refractivity contribution < 1.29 is 13.2 Å². The van der Waals surface area contributed by atoms with Crippen molar-refractivity contribution in [3.05, 3.63) is 36.8 Å². The van der Waals surface area contributed by atoms with Crippen molar-refractivity contribution in [3.8, 4) is 5.75 Å². The van der Waals surface area contributed by atoms with Gasteiger partial charge in [0.05, 0.1) is 18.9 Å². The van der Waals surface area contributed by atoms with Gasteiger partial charge in [0.15, 0.2) is 5.03 Å². The summed E-state index contributed by atoms with van der Waals surface area (Å²) in [5, 5.41) is 4.11. The fourth-order valence-corrected chi connectivity index (χ4v) is 3.96. The van der Waals surface area contributed by atoms with Gasteiger partial charge in [-0.3, -0.25) is 9.67 Å². The van der Waals surface area contributed by atoms with Gasteiger partial charge in [-0.25, -0.2) is 8.42 Å². The highest BCUT2D eigenvalue weighted by atomic mass is 32.2. The van der Waals surface area contributed by atoms with E-state index in [2.05, 4.69) is 10.1 Å². The number of pyridine rings is 1. The quantitative estimate of drug-likeness (QED) is 0.829. The molecule has 1 aliphatic heterocycles. The number of hydrogen-bond donors (Lipinski definition) is 0. The first-order valence-electron chi connectivity index (χ1n) is 6.62. The van der Waals surface area contributed by atoms with Crippen LogP contribution in [-0.4, -0.2) is 46.7 Å². The largest absolute Gasteiger partial charge is 0.487 e. The highest BCUT2D eigenvalue weighted by Crippen LogP contribution is 2.23. The second-order valence-electron chi connectivity index (χ2n) is 4.87. The van der Waals surface area contributed by atoms with Gasteiger partial charge in [0.1, 0.15) is 11.9 Å². The normalized spacial score (nSPS) is 19.8. The summed E-state index contributed by atoms with van der Waals surface area (Å²) in [7, 11) is -1.90. The summed E-state index contributed by atoms with van der Waals surface area (Å²) in [6.07, 6.45) is 5.27. The Morgan fingerprint density at radius 2 is 2.19 bits per heavy atom. The summed E-state index contributed by atoms with van der Waals surface area (Å²) < 4.78 is 33.6. The molecule has 0 radical (unpaired) electrons. The van der Waals surface area contributed by atoms with Gasteiger partial charge < -0.3 is 4.74 Å². The zero-order valence-corrected chi connectivity index (χ0v) is 12.4. The van der Waals surface area contributed by atoms with E-state index < -0.39 is 10.0 Å². The Hall–Kier alpha value is -1.93. The lowest BCUT2D eigenvalue weighted by atomic mass is 10.3. The maximum atomic E-state index is 12.5. The van der Waals surface area contributed by atoms with Crippen LogP contribution in [0.2, 0.25) is 0 Å². The molecular formula is C13H16N4O3S. The Morgan fingerprint density at radius 3 is 2.86 bits per heavy atom. The minimum Gasteiger partial charge on any atom is -0.487 e. The average Bonchev–Trinajstić information content (AvgIpc) is 3.09. The lowest BCUT2D eigenvalue weighted by molar-refractivity contribution is 0.214. The molecule has 0 bridgehead atoms. The SMILES string of the molecule is Cn1nccc1S(=O)(=O)N1CCC(Oc2cccnc2)C1. The lowest BCUT2D eigenvalue weighted by Crippen LogP contribution is -2.32. The number of nitrogens with zero attached hydrogens (tertiary/aromatic N) is 4. The third-order valence-electron chi connectivity index (χ3n) is 3.43. The molecule has 0 saturated carbocycles. The molecule has 7 nitrogen and oxygen atoms in total. The van der Waals surface area contributed by atoms with Gasteiger partial charge in [-0.1, -0.05) is 0 Å². The summed E-state index contributed by atoms with van der Waals surface area (Å²) in [6.45, 7) is 0.779. The van der Waals surface area contributed by atoms with Crippen molar-refractivity contribution in [2.75, 3.05) is 13.1 Å². The van der Waals surface area contributed by atoms with E-state index in [9.17, 15) is 8.42 Å². The summed E-state index contributed by atoms with van der Waals surface area (Å²) in [5.41, 5.74) is 0. The molecular weight excluding hydrogens is 292 g/mol. The summed E-state index contributed by atoms with van der Waals surface area (Å²) >= 11 is 0. The molecule has 0 aromatic carbocycles. The van der Waals surface area contributed by atoms with E-state index in [1.54, 1.807) is 25.5 Å². The summed E-state index contributed by atoms with van der Waals surface area (Å²) in [6, 6.07) is 5.10. The van der Waals surface area contributed by atoms with Crippen LogP contribution < -0.4 is 4.74 Å².